The SMILES string of the molecule is CC.CC.Cc1ccc(SNc2cc(CN)nc3ccccc23)cc1. The van der Waals surface area contributed by atoms with Crippen molar-refractivity contribution in [3.05, 3.63) is 65.9 Å². The summed E-state index contributed by atoms with van der Waals surface area (Å²) < 4.78 is 3.42. The minimum atomic E-state index is 0.439. The van der Waals surface area contributed by atoms with Crippen molar-refractivity contribution in [3.8, 4) is 0 Å². The van der Waals surface area contributed by atoms with E-state index in [0.717, 1.165) is 22.3 Å². The van der Waals surface area contributed by atoms with Gasteiger partial charge in [0.2, 0.25) is 0 Å². The van der Waals surface area contributed by atoms with Crippen molar-refractivity contribution in [2.75, 3.05) is 4.72 Å². The average molecular weight is 356 g/mol. The molecule has 3 nitrogen and oxygen atoms in total. The molecule has 0 saturated heterocycles. The number of hydrogen-bond donors (Lipinski definition) is 2. The lowest BCUT2D eigenvalue weighted by atomic mass is 10.1. The molecule has 1 heterocycles. The number of hydrogen-bond acceptors (Lipinski definition) is 4. The zero-order valence-electron chi connectivity index (χ0n) is 15.8. The fraction of sp³-hybridized carbons (Fsp3) is 0.286. The van der Waals surface area contributed by atoms with Gasteiger partial charge in [-0.1, -0.05) is 63.6 Å². The zero-order chi connectivity index (χ0) is 18.7. The third-order valence-corrected chi connectivity index (χ3v) is 4.11. The second-order valence-corrected chi connectivity index (χ2v) is 5.78. The molecule has 3 rings (SSSR count). The fourth-order valence-electron chi connectivity index (χ4n) is 2.14. The van der Waals surface area contributed by atoms with Gasteiger partial charge in [-0.15, -0.1) is 0 Å². The van der Waals surface area contributed by atoms with Crippen LogP contribution < -0.4 is 10.5 Å². The van der Waals surface area contributed by atoms with Gasteiger partial charge in [0, 0.05) is 16.8 Å². The Balaban J connectivity index is 0.000000730. The monoisotopic (exact) mass is 355 g/mol. The smallest absolute Gasteiger partial charge is 0.0726 e. The molecule has 4 heteroatoms. The Morgan fingerprint density at radius 2 is 1.60 bits per heavy atom. The van der Waals surface area contributed by atoms with E-state index >= 15 is 0 Å². The van der Waals surface area contributed by atoms with Crippen LogP contribution >= 0.6 is 11.9 Å². The molecule has 0 aliphatic heterocycles. The molecular weight excluding hydrogens is 326 g/mol. The van der Waals surface area contributed by atoms with Crippen LogP contribution in [0.4, 0.5) is 5.69 Å². The molecule has 1 aromatic heterocycles. The summed E-state index contributed by atoms with van der Waals surface area (Å²) in [6.07, 6.45) is 0. The molecule has 0 atom stereocenters. The molecule has 0 spiro atoms. The molecule has 134 valence electrons. The topological polar surface area (TPSA) is 50.9 Å². The highest BCUT2D eigenvalue weighted by Crippen LogP contribution is 2.28. The highest BCUT2D eigenvalue weighted by molar-refractivity contribution is 8.00. The van der Waals surface area contributed by atoms with Crippen molar-refractivity contribution >= 4 is 28.5 Å². The first-order valence-corrected chi connectivity index (χ1v) is 9.66. The number of nitrogens with one attached hydrogen (secondary N) is 1. The third kappa shape index (κ3) is 6.07. The van der Waals surface area contributed by atoms with Crippen molar-refractivity contribution in [2.45, 2.75) is 46.1 Å². The molecule has 0 aliphatic carbocycles. The van der Waals surface area contributed by atoms with Crippen LogP contribution in [0.5, 0.6) is 0 Å². The number of benzene rings is 2. The average Bonchev–Trinajstić information content (AvgIpc) is 2.70. The van der Waals surface area contributed by atoms with Crippen LogP contribution in [-0.4, -0.2) is 4.98 Å². The molecule has 2 aromatic carbocycles. The van der Waals surface area contributed by atoms with E-state index in [9.17, 15) is 0 Å². The minimum Gasteiger partial charge on any atom is -0.325 e. The summed E-state index contributed by atoms with van der Waals surface area (Å²) in [6, 6.07) is 18.6. The van der Waals surface area contributed by atoms with Crippen molar-refractivity contribution in [2.24, 2.45) is 5.73 Å². The van der Waals surface area contributed by atoms with E-state index < -0.39 is 0 Å². The number of fused-ring (bicyclic) bond motifs is 1. The minimum absolute atomic E-state index is 0.439. The van der Waals surface area contributed by atoms with Gasteiger partial charge >= 0.3 is 0 Å². The third-order valence-electron chi connectivity index (χ3n) is 3.28. The van der Waals surface area contributed by atoms with E-state index in [1.165, 1.54) is 10.5 Å². The van der Waals surface area contributed by atoms with Gasteiger partial charge in [-0.05, 0) is 43.1 Å². The van der Waals surface area contributed by atoms with E-state index in [2.05, 4.69) is 47.0 Å². The lowest BCUT2D eigenvalue weighted by Gasteiger charge is -2.10. The van der Waals surface area contributed by atoms with E-state index in [1.807, 2.05) is 52.0 Å². The number of pyridine rings is 1. The van der Waals surface area contributed by atoms with E-state index in [1.54, 1.807) is 11.9 Å². The maximum absolute atomic E-state index is 5.74. The highest BCUT2D eigenvalue weighted by atomic mass is 32.2. The van der Waals surface area contributed by atoms with Crippen LogP contribution in [0.2, 0.25) is 0 Å². The van der Waals surface area contributed by atoms with E-state index in [4.69, 9.17) is 5.73 Å². The van der Waals surface area contributed by atoms with Gasteiger partial charge in [0.25, 0.3) is 0 Å². The number of nitrogens with two attached hydrogens (primary N) is 1. The molecule has 0 bridgehead atoms. The van der Waals surface area contributed by atoms with E-state index in [0.29, 0.717) is 6.54 Å². The summed E-state index contributed by atoms with van der Waals surface area (Å²) in [6.45, 7) is 10.5. The second kappa shape index (κ2) is 11.5. The fourth-order valence-corrected chi connectivity index (χ4v) is 2.81. The predicted octanol–water partition coefficient (Wildman–Crippen LogP) is 6.17. The highest BCUT2D eigenvalue weighted by Gasteiger charge is 2.05. The number of rotatable bonds is 4. The molecule has 0 radical (unpaired) electrons. The zero-order valence-corrected chi connectivity index (χ0v) is 16.7. The second-order valence-electron chi connectivity index (χ2n) is 4.90. The Kier molecular flexibility index (Phi) is 9.66. The standard InChI is InChI=1S/C17H17N3S.2C2H6/c1-12-6-8-14(9-7-12)21-20-17-10-13(11-18)19-16-5-3-2-4-15(16)17;2*1-2/h2-10H,11,18H2,1H3,(H,19,20);2*1-2H3. The van der Waals surface area contributed by atoms with Crippen LogP contribution in [-0.2, 0) is 6.54 Å². The Morgan fingerprint density at radius 1 is 0.960 bits per heavy atom. The van der Waals surface area contributed by atoms with Crippen molar-refractivity contribution in [1.29, 1.82) is 0 Å². The molecule has 0 unspecified atom stereocenters. The molecule has 3 N–H and O–H groups in total. The van der Waals surface area contributed by atoms with Gasteiger partial charge in [0.05, 0.1) is 16.9 Å². The lowest BCUT2D eigenvalue weighted by molar-refractivity contribution is 1.01. The van der Waals surface area contributed by atoms with Gasteiger partial charge < -0.3 is 10.5 Å². The summed E-state index contributed by atoms with van der Waals surface area (Å²) in [4.78, 5) is 5.72. The number of nitrogens with zero attached hydrogens (tertiary/aromatic N) is 1. The Morgan fingerprint density at radius 3 is 2.24 bits per heavy atom. The summed E-state index contributed by atoms with van der Waals surface area (Å²) in [7, 11) is 0. The predicted molar refractivity (Wildman–Crippen MR) is 113 cm³/mol. The number of anilines is 1. The largest absolute Gasteiger partial charge is 0.325 e. The van der Waals surface area contributed by atoms with Crippen LogP contribution in [0.25, 0.3) is 10.9 Å². The first-order chi connectivity index (χ1) is 12.3. The Hall–Kier alpha value is -2.04. The molecule has 3 aromatic rings. The first kappa shape index (κ1) is 21.0. The molecular formula is C21H29N3S. The van der Waals surface area contributed by atoms with E-state index in [-0.39, 0.29) is 0 Å². The van der Waals surface area contributed by atoms with Crippen LogP contribution in [0.15, 0.2) is 59.5 Å². The lowest BCUT2D eigenvalue weighted by Crippen LogP contribution is -2.01. The normalized spacial score (nSPS) is 9.52. The summed E-state index contributed by atoms with van der Waals surface area (Å²) in [5.74, 6) is 0. The molecule has 0 aliphatic rings. The molecule has 25 heavy (non-hydrogen) atoms. The van der Waals surface area contributed by atoms with Crippen LogP contribution in [0, 0.1) is 6.92 Å². The van der Waals surface area contributed by atoms with Crippen LogP contribution in [0.3, 0.4) is 0 Å². The number of para-hydroxylation sites is 1. The maximum Gasteiger partial charge on any atom is 0.0726 e. The van der Waals surface area contributed by atoms with Gasteiger partial charge in [0.1, 0.15) is 0 Å². The number of aryl methyl sites for hydroxylation is 1. The maximum atomic E-state index is 5.74. The van der Waals surface area contributed by atoms with Crippen LogP contribution in [0.1, 0.15) is 39.0 Å². The van der Waals surface area contributed by atoms with Crippen molar-refractivity contribution in [1.82, 2.24) is 4.98 Å². The summed E-state index contributed by atoms with van der Waals surface area (Å²) in [5, 5.41) is 1.11. The van der Waals surface area contributed by atoms with Gasteiger partial charge in [-0.2, -0.15) is 0 Å². The number of aromatic nitrogens is 1. The van der Waals surface area contributed by atoms with Crippen molar-refractivity contribution in [3.63, 3.8) is 0 Å². The molecule has 0 amide bonds. The summed E-state index contributed by atoms with van der Waals surface area (Å²) >= 11 is 1.60. The summed E-state index contributed by atoms with van der Waals surface area (Å²) in [5.41, 5.74) is 9.90. The Labute approximate surface area is 156 Å². The van der Waals surface area contributed by atoms with Crippen molar-refractivity contribution < 1.29 is 0 Å². The van der Waals surface area contributed by atoms with Gasteiger partial charge in [-0.25, -0.2) is 0 Å². The molecule has 0 saturated carbocycles. The van der Waals surface area contributed by atoms with Gasteiger partial charge in [-0.3, -0.25) is 4.98 Å². The quantitative estimate of drug-likeness (QED) is 0.549. The Bertz CT molecular complexity index is 755. The van der Waals surface area contributed by atoms with Gasteiger partial charge in [0.15, 0.2) is 0 Å². The molecule has 0 fully saturated rings. The first-order valence-electron chi connectivity index (χ1n) is 8.84.